The van der Waals surface area contributed by atoms with Crippen molar-refractivity contribution >= 4 is 39.9 Å². The summed E-state index contributed by atoms with van der Waals surface area (Å²) in [6.45, 7) is 2.71. The number of amides is 1. The number of rotatable bonds is 6. The standard InChI is InChI=1S/C15H20N6O3S/c1-9-7-13(22)19-20-14(9)10-3-4-11(12(8-10)21(23)24)17-5-6-18-15(16)25-2/h3-4,8-9,17H,5-7H2,1-2H3,(H2,16,18)(H,19,22). The number of nitro benzene ring substituents is 1. The minimum Gasteiger partial charge on any atom is -0.379 e. The largest absolute Gasteiger partial charge is 0.379 e. The van der Waals surface area contributed by atoms with Crippen molar-refractivity contribution in [3.63, 3.8) is 0 Å². The monoisotopic (exact) mass is 364 g/mol. The highest BCUT2D eigenvalue weighted by atomic mass is 32.2. The third kappa shape index (κ3) is 4.92. The first-order valence-electron chi connectivity index (χ1n) is 7.65. The van der Waals surface area contributed by atoms with Crippen molar-refractivity contribution in [1.82, 2.24) is 5.43 Å². The van der Waals surface area contributed by atoms with E-state index in [4.69, 9.17) is 5.73 Å². The van der Waals surface area contributed by atoms with E-state index < -0.39 is 4.92 Å². The Morgan fingerprint density at radius 2 is 2.36 bits per heavy atom. The van der Waals surface area contributed by atoms with Crippen molar-refractivity contribution in [3.8, 4) is 0 Å². The van der Waals surface area contributed by atoms with Crippen LogP contribution in [0, 0.1) is 16.0 Å². The summed E-state index contributed by atoms with van der Waals surface area (Å²) in [6, 6.07) is 4.86. The normalized spacial score (nSPS) is 17.7. The number of hydrazone groups is 1. The number of nitrogens with two attached hydrogens (primary N) is 1. The van der Waals surface area contributed by atoms with Crippen LogP contribution in [0.1, 0.15) is 18.9 Å². The number of hydrogen-bond acceptors (Lipinski definition) is 7. The molecule has 1 amide bonds. The van der Waals surface area contributed by atoms with E-state index >= 15 is 0 Å². The Labute approximate surface area is 149 Å². The summed E-state index contributed by atoms with van der Waals surface area (Å²) in [5.74, 6) is -0.259. The molecule has 1 aromatic carbocycles. The van der Waals surface area contributed by atoms with E-state index in [1.165, 1.54) is 17.8 Å². The average Bonchev–Trinajstić information content (AvgIpc) is 2.58. The smallest absolute Gasteiger partial charge is 0.292 e. The fourth-order valence-electron chi connectivity index (χ4n) is 2.41. The summed E-state index contributed by atoms with van der Waals surface area (Å²) in [5.41, 5.74) is 9.61. The second kappa shape index (κ2) is 8.47. The van der Waals surface area contributed by atoms with Gasteiger partial charge in [-0.15, -0.1) is 0 Å². The first-order valence-corrected chi connectivity index (χ1v) is 8.88. The molecule has 0 bridgehead atoms. The predicted octanol–water partition coefficient (Wildman–Crippen LogP) is 1.54. The zero-order valence-electron chi connectivity index (χ0n) is 14.0. The number of amidine groups is 1. The van der Waals surface area contributed by atoms with E-state index in [1.807, 2.05) is 13.2 Å². The quantitative estimate of drug-likeness (QED) is 0.230. The Hall–Kier alpha value is -2.62. The van der Waals surface area contributed by atoms with Crippen LogP contribution < -0.4 is 16.5 Å². The van der Waals surface area contributed by atoms with Gasteiger partial charge in [-0.2, -0.15) is 5.10 Å². The molecular weight excluding hydrogens is 344 g/mol. The van der Waals surface area contributed by atoms with Gasteiger partial charge >= 0.3 is 0 Å². The lowest BCUT2D eigenvalue weighted by atomic mass is 9.93. The molecule has 0 fully saturated rings. The maximum absolute atomic E-state index is 11.4. The number of carbonyl (C=O) groups excluding carboxylic acids is 1. The number of hydrogen-bond donors (Lipinski definition) is 3. The molecule has 2 rings (SSSR count). The van der Waals surface area contributed by atoms with Gasteiger partial charge in [0, 0.05) is 30.5 Å². The second-order valence-corrected chi connectivity index (χ2v) is 6.30. The lowest BCUT2D eigenvalue weighted by molar-refractivity contribution is -0.384. The fraction of sp³-hybridized carbons (Fsp3) is 0.400. The molecule has 9 nitrogen and oxygen atoms in total. The third-order valence-corrected chi connectivity index (χ3v) is 4.20. The van der Waals surface area contributed by atoms with Crippen LogP contribution in [0.2, 0.25) is 0 Å². The first-order chi connectivity index (χ1) is 11.9. The van der Waals surface area contributed by atoms with E-state index in [9.17, 15) is 14.9 Å². The summed E-state index contributed by atoms with van der Waals surface area (Å²) >= 11 is 1.35. The number of aliphatic imine (C=N–C) groups is 1. The number of nitrogens with zero attached hydrogens (tertiary/aromatic N) is 3. The maximum Gasteiger partial charge on any atom is 0.292 e. The minimum absolute atomic E-state index is 0.0499. The number of benzene rings is 1. The van der Waals surface area contributed by atoms with Crippen LogP contribution in [0.15, 0.2) is 28.3 Å². The Morgan fingerprint density at radius 1 is 1.60 bits per heavy atom. The van der Waals surface area contributed by atoms with Crippen LogP contribution >= 0.6 is 11.8 Å². The van der Waals surface area contributed by atoms with Crippen LogP contribution in [-0.4, -0.2) is 41.1 Å². The Bertz CT molecular complexity index is 734. The Kier molecular flexibility index (Phi) is 6.34. The summed E-state index contributed by atoms with van der Waals surface area (Å²) < 4.78 is 0. The molecule has 4 N–H and O–H groups in total. The Balaban J connectivity index is 2.18. The summed E-state index contributed by atoms with van der Waals surface area (Å²) in [6.07, 6.45) is 2.13. The molecule has 0 radical (unpaired) electrons. The number of nitrogens with one attached hydrogen (secondary N) is 2. The van der Waals surface area contributed by atoms with Crippen molar-refractivity contribution in [2.75, 3.05) is 24.7 Å². The van der Waals surface area contributed by atoms with Crippen LogP contribution in [0.3, 0.4) is 0 Å². The van der Waals surface area contributed by atoms with Crippen LogP contribution in [0.25, 0.3) is 0 Å². The van der Waals surface area contributed by atoms with Crippen molar-refractivity contribution in [2.45, 2.75) is 13.3 Å². The second-order valence-electron chi connectivity index (χ2n) is 5.48. The summed E-state index contributed by atoms with van der Waals surface area (Å²) in [4.78, 5) is 26.4. The zero-order chi connectivity index (χ0) is 18.4. The van der Waals surface area contributed by atoms with Gasteiger partial charge in [-0.25, -0.2) is 5.43 Å². The molecule has 1 aliphatic heterocycles. The lowest BCUT2D eigenvalue weighted by Gasteiger charge is -2.19. The average molecular weight is 364 g/mol. The van der Waals surface area contributed by atoms with Crippen LogP contribution in [0.5, 0.6) is 0 Å². The molecule has 1 unspecified atom stereocenters. The van der Waals surface area contributed by atoms with E-state index in [-0.39, 0.29) is 17.5 Å². The molecular formula is C15H20N6O3S. The van der Waals surface area contributed by atoms with Gasteiger partial charge in [-0.1, -0.05) is 24.8 Å². The highest BCUT2D eigenvalue weighted by Gasteiger charge is 2.24. The Morgan fingerprint density at radius 3 is 3.00 bits per heavy atom. The van der Waals surface area contributed by atoms with Gasteiger partial charge in [0.15, 0.2) is 5.17 Å². The molecule has 1 atom stereocenters. The number of carbonyl (C=O) groups is 1. The molecule has 1 aliphatic rings. The maximum atomic E-state index is 11.4. The highest BCUT2D eigenvalue weighted by Crippen LogP contribution is 2.28. The van der Waals surface area contributed by atoms with E-state index in [0.29, 0.717) is 41.6 Å². The van der Waals surface area contributed by atoms with Crippen LogP contribution in [-0.2, 0) is 4.79 Å². The SMILES string of the molecule is CSC(N)=NCCNc1ccc(C2=NNC(=O)CC2C)cc1[N+](=O)[O-]. The number of thioether (sulfide) groups is 1. The van der Waals surface area contributed by atoms with Crippen molar-refractivity contribution in [1.29, 1.82) is 0 Å². The highest BCUT2D eigenvalue weighted by molar-refractivity contribution is 8.13. The molecule has 0 saturated heterocycles. The molecule has 1 heterocycles. The number of nitro groups is 1. The van der Waals surface area contributed by atoms with Gasteiger partial charge in [0.1, 0.15) is 5.69 Å². The molecule has 10 heteroatoms. The summed E-state index contributed by atoms with van der Waals surface area (Å²) in [7, 11) is 0. The molecule has 0 spiro atoms. The fourth-order valence-corrected chi connectivity index (χ4v) is 2.64. The zero-order valence-corrected chi connectivity index (χ0v) is 14.8. The molecule has 1 aromatic rings. The van der Waals surface area contributed by atoms with Gasteiger partial charge < -0.3 is 11.1 Å². The van der Waals surface area contributed by atoms with Gasteiger partial charge in [-0.05, 0) is 12.3 Å². The van der Waals surface area contributed by atoms with Gasteiger partial charge in [0.25, 0.3) is 5.69 Å². The molecule has 0 aliphatic carbocycles. The van der Waals surface area contributed by atoms with Crippen molar-refractivity contribution in [3.05, 3.63) is 33.9 Å². The van der Waals surface area contributed by atoms with Crippen molar-refractivity contribution < 1.29 is 9.72 Å². The molecule has 25 heavy (non-hydrogen) atoms. The van der Waals surface area contributed by atoms with Gasteiger partial charge in [-0.3, -0.25) is 19.9 Å². The predicted molar refractivity (Wildman–Crippen MR) is 100 cm³/mol. The lowest BCUT2D eigenvalue weighted by Crippen LogP contribution is -2.32. The molecule has 0 aromatic heterocycles. The third-order valence-electron chi connectivity index (χ3n) is 3.65. The minimum atomic E-state index is -0.446. The summed E-state index contributed by atoms with van der Waals surface area (Å²) in [5, 5.41) is 18.9. The molecule has 0 saturated carbocycles. The van der Waals surface area contributed by atoms with Gasteiger partial charge in [0.2, 0.25) is 5.91 Å². The van der Waals surface area contributed by atoms with Gasteiger partial charge in [0.05, 0.1) is 17.2 Å². The van der Waals surface area contributed by atoms with E-state index in [1.54, 1.807) is 12.1 Å². The molecule has 134 valence electrons. The van der Waals surface area contributed by atoms with Crippen LogP contribution in [0.4, 0.5) is 11.4 Å². The number of anilines is 1. The van der Waals surface area contributed by atoms with E-state index in [0.717, 1.165) is 0 Å². The van der Waals surface area contributed by atoms with E-state index in [2.05, 4.69) is 20.8 Å². The first kappa shape index (κ1) is 18.7. The topological polar surface area (TPSA) is 135 Å². The van der Waals surface area contributed by atoms with Crippen molar-refractivity contribution in [2.24, 2.45) is 21.7 Å².